The Hall–Kier alpha value is -2.80. The molecule has 6 nitrogen and oxygen atoms in total. The van der Waals surface area contributed by atoms with E-state index in [-0.39, 0.29) is 5.91 Å². The molecule has 0 radical (unpaired) electrons. The predicted molar refractivity (Wildman–Crippen MR) is 95.1 cm³/mol. The third kappa shape index (κ3) is 4.14. The molecule has 0 aliphatic carbocycles. The number of nitrogens with zero attached hydrogens (tertiary/aromatic N) is 2. The largest absolute Gasteiger partial charge is 0.494 e. The maximum absolute atomic E-state index is 11.9. The summed E-state index contributed by atoms with van der Waals surface area (Å²) in [4.78, 5) is 12.4. The molecule has 0 saturated carbocycles. The number of rotatable bonds is 5. The maximum atomic E-state index is 11.9. The van der Waals surface area contributed by atoms with Crippen molar-refractivity contribution < 1.29 is 13.9 Å². The van der Waals surface area contributed by atoms with Gasteiger partial charge in [0.2, 0.25) is 0 Å². The van der Waals surface area contributed by atoms with Crippen LogP contribution in [0.5, 0.6) is 5.75 Å². The standard InChI is InChI=1S/C17H15N3O3S/c1-2-22-13-7-5-12(6-8-13)11-18-20-17-19-16(21)15(24-17)10-14-4-3-9-23-14/h3-11H,2H2,1H3,(H,19,20,21)/b15-10+,18-11+. The van der Waals surface area contributed by atoms with Crippen LogP contribution in [0.4, 0.5) is 0 Å². The van der Waals surface area contributed by atoms with Gasteiger partial charge in [-0.15, -0.1) is 5.10 Å². The lowest BCUT2D eigenvalue weighted by molar-refractivity contribution is -0.115. The van der Waals surface area contributed by atoms with E-state index in [2.05, 4.69) is 15.5 Å². The molecule has 1 aromatic carbocycles. The van der Waals surface area contributed by atoms with Crippen LogP contribution < -0.4 is 10.1 Å². The molecule has 1 N–H and O–H groups in total. The van der Waals surface area contributed by atoms with E-state index in [4.69, 9.17) is 9.15 Å². The molecule has 0 unspecified atom stereocenters. The van der Waals surface area contributed by atoms with Gasteiger partial charge in [-0.1, -0.05) is 0 Å². The Balaban J connectivity index is 1.63. The van der Waals surface area contributed by atoms with E-state index in [1.165, 1.54) is 11.8 Å². The molecule has 1 aliphatic rings. The van der Waals surface area contributed by atoms with Gasteiger partial charge in [0, 0.05) is 6.08 Å². The smallest absolute Gasteiger partial charge is 0.264 e. The molecule has 1 amide bonds. The second-order valence-electron chi connectivity index (χ2n) is 4.73. The van der Waals surface area contributed by atoms with Gasteiger partial charge in [-0.2, -0.15) is 5.10 Å². The van der Waals surface area contributed by atoms with E-state index >= 15 is 0 Å². The molecule has 1 saturated heterocycles. The van der Waals surface area contributed by atoms with Gasteiger partial charge in [-0.3, -0.25) is 10.1 Å². The highest BCUT2D eigenvalue weighted by molar-refractivity contribution is 8.18. The van der Waals surface area contributed by atoms with Gasteiger partial charge in [-0.25, -0.2) is 0 Å². The number of ether oxygens (including phenoxy) is 1. The minimum atomic E-state index is -0.216. The molecule has 1 fully saturated rings. The second-order valence-corrected chi connectivity index (χ2v) is 5.76. The van der Waals surface area contributed by atoms with Gasteiger partial charge < -0.3 is 9.15 Å². The summed E-state index contributed by atoms with van der Waals surface area (Å²) in [7, 11) is 0. The topological polar surface area (TPSA) is 76.2 Å². The number of benzene rings is 1. The molecule has 24 heavy (non-hydrogen) atoms. The van der Waals surface area contributed by atoms with Crippen molar-refractivity contribution in [2.24, 2.45) is 10.2 Å². The zero-order chi connectivity index (χ0) is 16.8. The Morgan fingerprint density at radius 1 is 1.29 bits per heavy atom. The van der Waals surface area contributed by atoms with Crippen molar-refractivity contribution in [3.05, 3.63) is 58.9 Å². The van der Waals surface area contributed by atoms with Gasteiger partial charge in [0.25, 0.3) is 5.91 Å². The van der Waals surface area contributed by atoms with Gasteiger partial charge in [-0.05, 0) is 60.6 Å². The van der Waals surface area contributed by atoms with Crippen molar-refractivity contribution in [2.75, 3.05) is 6.61 Å². The molecular weight excluding hydrogens is 326 g/mol. The minimum absolute atomic E-state index is 0.216. The summed E-state index contributed by atoms with van der Waals surface area (Å²) in [5.74, 6) is 1.21. The first kappa shape index (κ1) is 16.1. The molecule has 2 heterocycles. The highest BCUT2D eigenvalue weighted by Gasteiger charge is 2.24. The van der Waals surface area contributed by atoms with Crippen molar-refractivity contribution in [2.45, 2.75) is 6.92 Å². The lowest BCUT2D eigenvalue weighted by atomic mass is 10.2. The van der Waals surface area contributed by atoms with Crippen molar-refractivity contribution in [3.8, 4) is 5.75 Å². The van der Waals surface area contributed by atoms with Crippen molar-refractivity contribution in [1.29, 1.82) is 0 Å². The lowest BCUT2D eigenvalue weighted by Gasteiger charge is -2.01. The van der Waals surface area contributed by atoms with Crippen LogP contribution in [0.1, 0.15) is 18.2 Å². The summed E-state index contributed by atoms with van der Waals surface area (Å²) >= 11 is 1.22. The fourth-order valence-corrected chi connectivity index (χ4v) is 2.70. The fourth-order valence-electron chi connectivity index (χ4n) is 1.94. The average molecular weight is 341 g/mol. The highest BCUT2D eigenvalue weighted by Crippen LogP contribution is 2.26. The van der Waals surface area contributed by atoms with Gasteiger partial charge >= 0.3 is 0 Å². The van der Waals surface area contributed by atoms with Crippen LogP contribution in [-0.4, -0.2) is 23.9 Å². The Bertz CT molecular complexity index is 793. The number of amides is 1. The van der Waals surface area contributed by atoms with E-state index in [1.54, 1.807) is 30.7 Å². The molecule has 1 aliphatic heterocycles. The molecule has 0 spiro atoms. The lowest BCUT2D eigenvalue weighted by Crippen LogP contribution is -2.19. The van der Waals surface area contributed by atoms with Crippen LogP contribution in [0.2, 0.25) is 0 Å². The molecule has 0 atom stereocenters. The number of thioether (sulfide) groups is 1. The Morgan fingerprint density at radius 2 is 2.12 bits per heavy atom. The molecule has 1 aromatic heterocycles. The summed E-state index contributed by atoms with van der Waals surface area (Å²) in [5, 5.41) is 11.1. The van der Waals surface area contributed by atoms with Crippen molar-refractivity contribution in [3.63, 3.8) is 0 Å². The first-order valence-electron chi connectivity index (χ1n) is 7.33. The third-order valence-corrected chi connectivity index (χ3v) is 3.91. The van der Waals surface area contributed by atoms with Gasteiger partial charge in [0.05, 0.1) is 24.0 Å². The van der Waals surface area contributed by atoms with E-state index < -0.39 is 0 Å². The third-order valence-electron chi connectivity index (χ3n) is 3.01. The van der Waals surface area contributed by atoms with Crippen LogP contribution in [0, 0.1) is 0 Å². The van der Waals surface area contributed by atoms with Crippen LogP contribution in [0.25, 0.3) is 6.08 Å². The van der Waals surface area contributed by atoms with Crippen LogP contribution in [0.3, 0.4) is 0 Å². The molecule has 2 aromatic rings. The zero-order valence-corrected chi connectivity index (χ0v) is 13.7. The van der Waals surface area contributed by atoms with Gasteiger partial charge in [0.1, 0.15) is 11.5 Å². The van der Waals surface area contributed by atoms with Crippen molar-refractivity contribution in [1.82, 2.24) is 5.32 Å². The Morgan fingerprint density at radius 3 is 2.83 bits per heavy atom. The summed E-state index contributed by atoms with van der Waals surface area (Å²) in [6, 6.07) is 11.1. The minimum Gasteiger partial charge on any atom is -0.494 e. The molecular formula is C17H15N3O3S. The molecule has 3 rings (SSSR count). The summed E-state index contributed by atoms with van der Waals surface area (Å²) in [6.07, 6.45) is 4.84. The van der Waals surface area contributed by atoms with Crippen LogP contribution >= 0.6 is 11.8 Å². The van der Waals surface area contributed by atoms with Crippen molar-refractivity contribution >= 4 is 35.1 Å². The number of hydrogen-bond acceptors (Lipinski definition) is 6. The zero-order valence-electron chi connectivity index (χ0n) is 12.9. The quantitative estimate of drug-likeness (QED) is 0.514. The normalized spacial score (nSPS) is 17.8. The number of furan rings is 1. The van der Waals surface area contributed by atoms with E-state index in [0.29, 0.717) is 22.4 Å². The summed E-state index contributed by atoms with van der Waals surface area (Å²) < 4.78 is 10.6. The summed E-state index contributed by atoms with van der Waals surface area (Å²) in [6.45, 7) is 2.57. The van der Waals surface area contributed by atoms with E-state index in [1.807, 2.05) is 31.2 Å². The fraction of sp³-hybridized carbons (Fsp3) is 0.118. The van der Waals surface area contributed by atoms with Crippen LogP contribution in [-0.2, 0) is 4.79 Å². The number of carbonyl (C=O) groups is 1. The first-order chi connectivity index (χ1) is 11.7. The molecule has 7 heteroatoms. The number of nitrogens with one attached hydrogen (secondary N) is 1. The first-order valence-corrected chi connectivity index (χ1v) is 8.14. The predicted octanol–water partition coefficient (Wildman–Crippen LogP) is 3.27. The van der Waals surface area contributed by atoms with Gasteiger partial charge in [0.15, 0.2) is 5.17 Å². The van der Waals surface area contributed by atoms with Crippen LogP contribution in [0.15, 0.2) is 62.2 Å². The summed E-state index contributed by atoms with van der Waals surface area (Å²) in [5.41, 5.74) is 0.892. The number of hydrogen-bond donors (Lipinski definition) is 1. The highest BCUT2D eigenvalue weighted by atomic mass is 32.2. The molecule has 0 bridgehead atoms. The number of amidine groups is 1. The Labute approximate surface area is 143 Å². The maximum Gasteiger partial charge on any atom is 0.264 e. The number of carbonyl (C=O) groups excluding carboxylic acids is 1. The monoisotopic (exact) mass is 341 g/mol. The van der Waals surface area contributed by atoms with E-state index in [0.717, 1.165) is 11.3 Å². The molecule has 122 valence electrons. The second kappa shape index (κ2) is 7.65. The average Bonchev–Trinajstić information content (AvgIpc) is 3.20. The van der Waals surface area contributed by atoms with E-state index in [9.17, 15) is 4.79 Å². The Kier molecular flexibility index (Phi) is 5.12. The SMILES string of the molecule is CCOc1ccc(/C=N/N=C2\NC(=O)/C(=C\c3ccco3)S2)cc1.